The van der Waals surface area contributed by atoms with Gasteiger partial charge >= 0.3 is 6.18 Å². The van der Waals surface area contributed by atoms with E-state index >= 15 is 0 Å². The number of halogens is 3. The fourth-order valence-electron chi connectivity index (χ4n) is 5.32. The minimum atomic E-state index is -4.55. The van der Waals surface area contributed by atoms with Crippen LogP contribution in [0, 0.1) is 0 Å². The fraction of sp³-hybridized carbons (Fsp3) is 0.267. The van der Waals surface area contributed by atoms with Crippen LogP contribution in [0.4, 0.5) is 13.2 Å². The van der Waals surface area contributed by atoms with Gasteiger partial charge in [0.05, 0.1) is 23.2 Å². The van der Waals surface area contributed by atoms with Crippen LogP contribution in [-0.4, -0.2) is 37.4 Å². The topological polar surface area (TPSA) is 99.2 Å². The molecule has 1 saturated carbocycles. The van der Waals surface area contributed by atoms with Crippen LogP contribution >= 0.6 is 0 Å². The number of benzene rings is 2. The van der Waals surface area contributed by atoms with Crippen LogP contribution in [0.15, 0.2) is 77.7 Å². The van der Waals surface area contributed by atoms with Gasteiger partial charge < -0.3 is 15.0 Å². The predicted octanol–water partition coefficient (Wildman–Crippen LogP) is 4.55. The molecule has 40 heavy (non-hydrogen) atoms. The van der Waals surface area contributed by atoms with Gasteiger partial charge in [-0.05, 0) is 41.7 Å². The number of hydrogen-bond acceptors (Lipinski definition) is 5. The van der Waals surface area contributed by atoms with E-state index in [1.54, 1.807) is 24.3 Å². The Labute approximate surface area is 227 Å². The Bertz CT molecular complexity index is 1630. The SMILES string of the molecule is O=C(C(O)c1cccc(-c2ccc(C(F)(F)F)nc2)c1)N1CCc2nc(C3(c4ccccc4)CC3)[nH]c(=O)c2C1. The first kappa shape index (κ1) is 25.9. The zero-order chi connectivity index (χ0) is 28.1. The van der Waals surface area contributed by atoms with E-state index in [0.717, 1.165) is 30.7 Å². The summed E-state index contributed by atoms with van der Waals surface area (Å²) >= 11 is 0. The number of rotatable bonds is 5. The van der Waals surface area contributed by atoms with Crippen molar-refractivity contribution in [3.8, 4) is 11.1 Å². The molecule has 2 aliphatic rings. The maximum atomic E-state index is 13.2. The largest absolute Gasteiger partial charge is 0.433 e. The number of nitrogens with one attached hydrogen (secondary N) is 1. The highest BCUT2D eigenvalue weighted by molar-refractivity contribution is 5.83. The molecule has 1 aliphatic carbocycles. The molecule has 2 N–H and O–H groups in total. The van der Waals surface area contributed by atoms with Crippen LogP contribution in [-0.2, 0) is 29.4 Å². The van der Waals surface area contributed by atoms with E-state index in [1.807, 2.05) is 30.3 Å². The summed E-state index contributed by atoms with van der Waals surface area (Å²) in [6.07, 6.45) is -2.77. The molecule has 0 radical (unpaired) electrons. The molecule has 1 unspecified atom stereocenters. The van der Waals surface area contributed by atoms with Crippen molar-refractivity contribution in [2.45, 2.75) is 43.5 Å². The van der Waals surface area contributed by atoms with E-state index in [9.17, 15) is 27.9 Å². The molecule has 7 nitrogen and oxygen atoms in total. The molecule has 1 atom stereocenters. The first-order chi connectivity index (χ1) is 19.2. The zero-order valence-corrected chi connectivity index (χ0v) is 21.3. The van der Waals surface area contributed by atoms with Gasteiger partial charge in [0.1, 0.15) is 11.5 Å². The lowest BCUT2D eigenvalue weighted by Crippen LogP contribution is -2.42. The van der Waals surface area contributed by atoms with Crippen LogP contribution in [0.5, 0.6) is 0 Å². The van der Waals surface area contributed by atoms with Crippen molar-refractivity contribution in [1.82, 2.24) is 19.9 Å². The molecular weight excluding hydrogens is 521 g/mol. The molecular formula is C30H25F3N4O3. The van der Waals surface area contributed by atoms with Crippen LogP contribution < -0.4 is 5.56 Å². The lowest BCUT2D eigenvalue weighted by Gasteiger charge is -2.30. The minimum absolute atomic E-state index is 0.0225. The third kappa shape index (κ3) is 4.68. The minimum Gasteiger partial charge on any atom is -0.378 e. The normalized spacial score (nSPS) is 16.8. The second-order valence-corrected chi connectivity index (χ2v) is 10.3. The number of carbonyl (C=O) groups is 1. The van der Waals surface area contributed by atoms with Gasteiger partial charge in [-0.1, -0.05) is 54.6 Å². The number of carbonyl (C=O) groups excluding carboxylic acids is 1. The highest BCUT2D eigenvalue weighted by Crippen LogP contribution is 2.52. The summed E-state index contributed by atoms with van der Waals surface area (Å²) < 4.78 is 38.6. The Kier molecular flexibility index (Phi) is 6.29. The number of aliphatic hydroxyl groups excluding tert-OH is 1. The molecule has 2 aromatic carbocycles. The van der Waals surface area contributed by atoms with Crippen molar-refractivity contribution in [3.63, 3.8) is 0 Å². The molecule has 10 heteroatoms. The van der Waals surface area contributed by atoms with Crippen molar-refractivity contribution in [2.75, 3.05) is 6.54 Å². The van der Waals surface area contributed by atoms with Crippen molar-refractivity contribution in [1.29, 1.82) is 0 Å². The lowest BCUT2D eigenvalue weighted by atomic mass is 9.94. The number of aliphatic hydroxyl groups is 1. The maximum Gasteiger partial charge on any atom is 0.433 e. The summed E-state index contributed by atoms with van der Waals surface area (Å²) in [6.45, 7) is 0.314. The monoisotopic (exact) mass is 546 g/mol. The summed E-state index contributed by atoms with van der Waals surface area (Å²) in [5.41, 5.74) is 1.82. The molecule has 1 aliphatic heterocycles. The Morgan fingerprint density at radius 3 is 2.48 bits per heavy atom. The van der Waals surface area contributed by atoms with Gasteiger partial charge in [0.25, 0.3) is 11.5 Å². The van der Waals surface area contributed by atoms with Gasteiger partial charge in [-0.15, -0.1) is 0 Å². The van der Waals surface area contributed by atoms with Crippen LogP contribution in [0.2, 0.25) is 0 Å². The summed E-state index contributed by atoms with van der Waals surface area (Å²) in [5.74, 6) is 0.0802. The average molecular weight is 547 g/mol. The van der Waals surface area contributed by atoms with Gasteiger partial charge in [-0.3, -0.25) is 14.6 Å². The van der Waals surface area contributed by atoms with Gasteiger partial charge in [0.15, 0.2) is 6.10 Å². The molecule has 0 spiro atoms. The number of fused-ring (bicyclic) bond motifs is 1. The van der Waals surface area contributed by atoms with Gasteiger partial charge in [0, 0.05) is 24.7 Å². The van der Waals surface area contributed by atoms with Crippen LogP contribution in [0.25, 0.3) is 11.1 Å². The fourth-order valence-corrected chi connectivity index (χ4v) is 5.32. The van der Waals surface area contributed by atoms with Crippen molar-refractivity contribution < 1.29 is 23.1 Å². The number of alkyl halides is 3. The number of amides is 1. The van der Waals surface area contributed by atoms with E-state index in [2.05, 4.69) is 9.97 Å². The number of nitrogens with zero attached hydrogens (tertiary/aromatic N) is 3. The van der Waals surface area contributed by atoms with Crippen molar-refractivity contribution >= 4 is 5.91 Å². The van der Waals surface area contributed by atoms with E-state index in [-0.39, 0.29) is 23.1 Å². The van der Waals surface area contributed by atoms with Gasteiger partial charge in [-0.25, -0.2) is 4.98 Å². The average Bonchev–Trinajstić information content (AvgIpc) is 3.79. The molecule has 3 heterocycles. The van der Waals surface area contributed by atoms with E-state index in [4.69, 9.17) is 4.98 Å². The van der Waals surface area contributed by atoms with Crippen LogP contribution in [0.3, 0.4) is 0 Å². The third-order valence-corrected chi connectivity index (χ3v) is 7.73. The molecule has 0 saturated heterocycles. The number of aromatic nitrogens is 3. The van der Waals surface area contributed by atoms with Crippen molar-refractivity contribution in [2.24, 2.45) is 0 Å². The van der Waals surface area contributed by atoms with E-state index in [0.29, 0.717) is 41.2 Å². The molecule has 204 valence electrons. The second kappa shape index (κ2) is 9.71. The Morgan fingerprint density at radius 1 is 1.02 bits per heavy atom. The molecule has 6 rings (SSSR count). The number of pyridine rings is 1. The maximum absolute atomic E-state index is 13.2. The quantitative estimate of drug-likeness (QED) is 0.383. The molecule has 2 aromatic heterocycles. The standard InChI is InChI=1S/C30H25F3N4O3/c31-30(32,33)24-10-9-20(16-34-24)18-5-4-6-19(15-18)25(38)27(40)37-14-11-23-22(17-37)26(39)36-28(35-23)29(12-13-29)21-7-2-1-3-8-21/h1-10,15-16,25,38H,11-14,17H2,(H,35,36,39). The summed E-state index contributed by atoms with van der Waals surface area (Å²) in [7, 11) is 0. The Balaban J connectivity index is 1.20. The van der Waals surface area contributed by atoms with Crippen molar-refractivity contribution in [3.05, 3.63) is 117 Å². The Morgan fingerprint density at radius 2 is 1.80 bits per heavy atom. The second-order valence-electron chi connectivity index (χ2n) is 10.3. The van der Waals surface area contributed by atoms with Gasteiger partial charge in [-0.2, -0.15) is 13.2 Å². The Hall–Kier alpha value is -4.31. The molecule has 1 amide bonds. The highest BCUT2D eigenvalue weighted by Gasteiger charge is 2.48. The highest BCUT2D eigenvalue weighted by atomic mass is 19.4. The summed E-state index contributed by atoms with van der Waals surface area (Å²) in [6, 6.07) is 18.5. The van der Waals surface area contributed by atoms with E-state index in [1.165, 1.54) is 11.0 Å². The third-order valence-electron chi connectivity index (χ3n) is 7.73. The smallest absolute Gasteiger partial charge is 0.378 e. The molecule has 0 bridgehead atoms. The number of aromatic amines is 1. The summed E-state index contributed by atoms with van der Waals surface area (Å²) in [4.78, 5) is 39.0. The summed E-state index contributed by atoms with van der Waals surface area (Å²) in [5, 5.41) is 10.9. The van der Waals surface area contributed by atoms with Gasteiger partial charge in [0.2, 0.25) is 0 Å². The van der Waals surface area contributed by atoms with Crippen LogP contribution in [0.1, 0.15) is 52.8 Å². The first-order valence-corrected chi connectivity index (χ1v) is 12.9. The zero-order valence-electron chi connectivity index (χ0n) is 21.3. The van der Waals surface area contributed by atoms with E-state index < -0.39 is 23.9 Å². The molecule has 1 fully saturated rings. The predicted molar refractivity (Wildman–Crippen MR) is 140 cm³/mol. The number of H-pyrrole nitrogens is 1. The lowest BCUT2D eigenvalue weighted by molar-refractivity contribution is -0.142. The number of hydrogen-bond donors (Lipinski definition) is 2. The molecule has 4 aromatic rings. The first-order valence-electron chi connectivity index (χ1n) is 12.9.